The van der Waals surface area contributed by atoms with Crippen LogP contribution >= 0.6 is 0 Å². The summed E-state index contributed by atoms with van der Waals surface area (Å²) >= 11 is 0. The summed E-state index contributed by atoms with van der Waals surface area (Å²) in [6.07, 6.45) is 7.66. The van der Waals surface area contributed by atoms with Gasteiger partial charge in [-0.05, 0) is 12.0 Å². The van der Waals surface area contributed by atoms with Crippen molar-refractivity contribution in [2.24, 2.45) is 0 Å². The van der Waals surface area contributed by atoms with Gasteiger partial charge in [-0.15, -0.1) is 0 Å². The minimum absolute atomic E-state index is 0.215. The Hall–Kier alpha value is -2.03. The number of unbranched alkanes of at least 4 members (excludes halogenated alkanes) is 1. The summed E-state index contributed by atoms with van der Waals surface area (Å²) in [5.74, 6) is 0.215. The molecule has 3 heteroatoms. The molecule has 1 heterocycles. The first-order valence-corrected chi connectivity index (χ1v) is 7.20. The van der Waals surface area contributed by atoms with Crippen molar-refractivity contribution in [3.05, 3.63) is 48.5 Å². The third-order valence-corrected chi connectivity index (χ3v) is 2.86. The van der Waals surface area contributed by atoms with Crippen LogP contribution in [0.4, 0.5) is 0 Å². The monoisotopic (exact) mass is 270 g/mol. The molecule has 0 spiro atoms. The molecule has 0 saturated heterocycles. The Kier molecular flexibility index (Phi) is 7.18. The van der Waals surface area contributed by atoms with Crippen LogP contribution in [0.1, 0.15) is 50.4 Å². The van der Waals surface area contributed by atoms with Gasteiger partial charge in [-0.3, -0.25) is 4.79 Å². The van der Waals surface area contributed by atoms with E-state index in [0.717, 1.165) is 29.5 Å². The second-order valence-electron chi connectivity index (χ2n) is 4.23. The molecule has 106 valence electrons. The van der Waals surface area contributed by atoms with E-state index in [4.69, 9.17) is 0 Å². The minimum atomic E-state index is 0.215. The van der Waals surface area contributed by atoms with Crippen LogP contribution in [0.25, 0.3) is 11.1 Å². The van der Waals surface area contributed by atoms with Gasteiger partial charge < -0.3 is 0 Å². The first-order chi connectivity index (χ1) is 9.81. The summed E-state index contributed by atoms with van der Waals surface area (Å²) in [7, 11) is 0. The Morgan fingerprint density at radius 3 is 2.15 bits per heavy atom. The molecular weight excluding hydrogens is 248 g/mol. The van der Waals surface area contributed by atoms with E-state index >= 15 is 0 Å². The fourth-order valence-corrected chi connectivity index (χ4v) is 1.78. The maximum Gasteiger partial charge on any atom is 0.162 e. The minimum Gasteiger partial charge on any atom is -0.294 e. The van der Waals surface area contributed by atoms with Crippen molar-refractivity contribution >= 4 is 5.78 Å². The van der Waals surface area contributed by atoms with Crippen molar-refractivity contribution in [3.63, 3.8) is 0 Å². The standard InChI is InChI=1S/C15H16N2O.C2H6/c1-2-3-4-15(18)13-7-5-12(6-8-13)14-9-16-11-17-10-14;1-2/h5-11H,2-4H2,1H3;1-2H3. The lowest BCUT2D eigenvalue weighted by Gasteiger charge is -2.03. The highest BCUT2D eigenvalue weighted by Gasteiger charge is 2.05. The van der Waals surface area contributed by atoms with Crippen LogP contribution in [-0.4, -0.2) is 15.8 Å². The third-order valence-electron chi connectivity index (χ3n) is 2.86. The lowest BCUT2D eigenvalue weighted by atomic mass is 10.0. The number of carbonyl (C=O) groups is 1. The van der Waals surface area contributed by atoms with Crippen LogP contribution in [0.3, 0.4) is 0 Å². The number of hydrogen-bond acceptors (Lipinski definition) is 3. The number of hydrogen-bond donors (Lipinski definition) is 0. The molecule has 0 saturated carbocycles. The van der Waals surface area contributed by atoms with Crippen molar-refractivity contribution < 1.29 is 4.79 Å². The van der Waals surface area contributed by atoms with Crippen LogP contribution < -0.4 is 0 Å². The molecule has 2 aromatic rings. The van der Waals surface area contributed by atoms with E-state index < -0.39 is 0 Å². The summed E-state index contributed by atoms with van der Waals surface area (Å²) in [5.41, 5.74) is 2.77. The number of carbonyl (C=O) groups excluding carboxylic acids is 1. The molecule has 0 aliphatic heterocycles. The molecule has 0 bridgehead atoms. The lowest BCUT2D eigenvalue weighted by Crippen LogP contribution is -1.98. The number of rotatable bonds is 5. The molecule has 0 aliphatic carbocycles. The predicted molar refractivity (Wildman–Crippen MR) is 82.7 cm³/mol. The van der Waals surface area contributed by atoms with Crippen LogP contribution in [0.15, 0.2) is 43.0 Å². The van der Waals surface area contributed by atoms with Crippen LogP contribution in [-0.2, 0) is 0 Å². The quantitative estimate of drug-likeness (QED) is 0.749. The van der Waals surface area contributed by atoms with E-state index in [0.29, 0.717) is 6.42 Å². The number of ketones is 1. The Labute approximate surface area is 121 Å². The maximum absolute atomic E-state index is 11.8. The zero-order valence-corrected chi connectivity index (χ0v) is 12.5. The van der Waals surface area contributed by atoms with E-state index in [9.17, 15) is 4.79 Å². The molecular formula is C17H22N2O. The van der Waals surface area contributed by atoms with Gasteiger partial charge in [0.05, 0.1) is 0 Å². The highest BCUT2D eigenvalue weighted by molar-refractivity contribution is 5.96. The molecule has 0 N–H and O–H groups in total. The molecule has 0 unspecified atom stereocenters. The molecule has 0 radical (unpaired) electrons. The number of nitrogens with zero attached hydrogens (tertiary/aromatic N) is 2. The smallest absolute Gasteiger partial charge is 0.162 e. The fourth-order valence-electron chi connectivity index (χ4n) is 1.78. The average Bonchev–Trinajstić information content (AvgIpc) is 2.55. The SMILES string of the molecule is CC.CCCCC(=O)c1ccc(-c2cncnc2)cc1. The van der Waals surface area contributed by atoms with Gasteiger partial charge in [0.2, 0.25) is 0 Å². The zero-order valence-electron chi connectivity index (χ0n) is 12.5. The average molecular weight is 270 g/mol. The Balaban J connectivity index is 0.000000956. The number of aromatic nitrogens is 2. The second-order valence-corrected chi connectivity index (χ2v) is 4.23. The van der Waals surface area contributed by atoms with E-state index in [-0.39, 0.29) is 5.78 Å². The van der Waals surface area contributed by atoms with Crippen molar-refractivity contribution in [2.45, 2.75) is 40.0 Å². The fraction of sp³-hybridized carbons (Fsp3) is 0.353. The van der Waals surface area contributed by atoms with Crippen LogP contribution in [0.5, 0.6) is 0 Å². The van der Waals surface area contributed by atoms with Crippen molar-refractivity contribution in [3.8, 4) is 11.1 Å². The summed E-state index contributed by atoms with van der Waals surface area (Å²) in [5, 5.41) is 0. The van der Waals surface area contributed by atoms with Crippen LogP contribution in [0, 0.1) is 0 Å². The Morgan fingerprint density at radius 1 is 1.00 bits per heavy atom. The molecule has 2 rings (SSSR count). The molecule has 0 fully saturated rings. The van der Waals surface area contributed by atoms with Crippen LogP contribution in [0.2, 0.25) is 0 Å². The van der Waals surface area contributed by atoms with Gasteiger partial charge in [0.15, 0.2) is 5.78 Å². The largest absolute Gasteiger partial charge is 0.294 e. The van der Waals surface area contributed by atoms with E-state index in [1.54, 1.807) is 12.4 Å². The second kappa shape index (κ2) is 8.97. The molecule has 20 heavy (non-hydrogen) atoms. The van der Waals surface area contributed by atoms with Gasteiger partial charge in [-0.1, -0.05) is 51.5 Å². The summed E-state index contributed by atoms with van der Waals surface area (Å²) in [6.45, 7) is 6.09. The number of benzene rings is 1. The van der Waals surface area contributed by atoms with Gasteiger partial charge in [0.1, 0.15) is 6.33 Å². The highest BCUT2D eigenvalue weighted by Crippen LogP contribution is 2.18. The third kappa shape index (κ3) is 4.57. The van der Waals surface area contributed by atoms with Gasteiger partial charge in [-0.2, -0.15) is 0 Å². The van der Waals surface area contributed by atoms with Crippen molar-refractivity contribution in [1.29, 1.82) is 0 Å². The lowest BCUT2D eigenvalue weighted by molar-refractivity contribution is 0.0980. The molecule has 1 aromatic carbocycles. The number of Topliss-reactive ketones (excluding diaryl/α,β-unsaturated/α-hetero) is 1. The first-order valence-electron chi connectivity index (χ1n) is 7.20. The van der Waals surface area contributed by atoms with Crippen molar-refractivity contribution in [2.75, 3.05) is 0 Å². The van der Waals surface area contributed by atoms with Gasteiger partial charge in [0.25, 0.3) is 0 Å². The summed E-state index contributed by atoms with van der Waals surface area (Å²) in [6, 6.07) is 7.64. The molecule has 1 aromatic heterocycles. The molecule has 0 amide bonds. The normalized spacial score (nSPS) is 9.55. The summed E-state index contributed by atoms with van der Waals surface area (Å²) < 4.78 is 0. The highest BCUT2D eigenvalue weighted by atomic mass is 16.1. The Morgan fingerprint density at radius 2 is 1.60 bits per heavy atom. The first kappa shape index (κ1) is 16.0. The van der Waals surface area contributed by atoms with E-state index in [2.05, 4.69) is 16.9 Å². The van der Waals surface area contributed by atoms with Gasteiger partial charge >= 0.3 is 0 Å². The Bertz CT molecular complexity index is 506. The van der Waals surface area contributed by atoms with Crippen molar-refractivity contribution in [1.82, 2.24) is 9.97 Å². The zero-order chi connectivity index (χ0) is 14.8. The van der Waals surface area contributed by atoms with E-state index in [1.165, 1.54) is 6.33 Å². The van der Waals surface area contributed by atoms with Gasteiger partial charge in [-0.25, -0.2) is 9.97 Å². The van der Waals surface area contributed by atoms with Gasteiger partial charge in [0, 0.05) is 29.9 Å². The maximum atomic E-state index is 11.8. The summed E-state index contributed by atoms with van der Waals surface area (Å²) in [4.78, 5) is 19.8. The van der Waals surface area contributed by atoms with E-state index in [1.807, 2.05) is 38.1 Å². The molecule has 0 aliphatic rings. The topological polar surface area (TPSA) is 42.9 Å². The predicted octanol–water partition coefficient (Wildman–Crippen LogP) is 4.54. The molecule has 0 atom stereocenters. The molecule has 3 nitrogen and oxygen atoms in total.